The Balaban J connectivity index is 1.08. The van der Waals surface area contributed by atoms with E-state index < -0.39 is 0 Å². The zero-order valence-electron chi connectivity index (χ0n) is 36.0. The van der Waals surface area contributed by atoms with E-state index in [2.05, 4.69) is 252 Å². The first-order valence-corrected chi connectivity index (χ1v) is 22.8. The average Bonchev–Trinajstić information content (AvgIpc) is 3.90. The fourth-order valence-corrected chi connectivity index (χ4v) is 11.2. The number of rotatable bonds is 5. The minimum atomic E-state index is 1.16. The standard InChI is InChI=1S/C64H40N2/c1-3-18-44(19-4-1)65-60-31-13-11-25-51(60)57-37-42(33-35-62(57)65)47-27-15-29-53-55(47)40-56-48(43-34-36-63-58(38-43)52-26-12-14-32-61(52)66(63)45-20-5-2-6-21-45)28-16-30-54(56)64(53)59-39-41-17-7-8-22-46(41)49-23-9-10-24-50(49)59/h1-40H. The summed E-state index contributed by atoms with van der Waals surface area (Å²) in [6.07, 6.45) is 0. The fraction of sp³-hybridized carbons (Fsp3) is 0. The van der Waals surface area contributed by atoms with Gasteiger partial charge in [0.25, 0.3) is 0 Å². The third-order valence-electron chi connectivity index (χ3n) is 14.1. The van der Waals surface area contributed by atoms with Crippen molar-refractivity contribution < 1.29 is 0 Å². The lowest BCUT2D eigenvalue weighted by Crippen LogP contribution is -1.94. The molecule has 0 saturated heterocycles. The monoisotopic (exact) mass is 836 g/mol. The van der Waals surface area contributed by atoms with Crippen LogP contribution in [-0.4, -0.2) is 9.13 Å². The summed E-state index contributed by atoms with van der Waals surface area (Å²) in [5.41, 5.74) is 14.5. The van der Waals surface area contributed by atoms with E-state index in [1.807, 2.05) is 0 Å². The van der Waals surface area contributed by atoms with Crippen LogP contribution in [0.25, 0.3) is 131 Å². The molecule has 66 heavy (non-hydrogen) atoms. The van der Waals surface area contributed by atoms with E-state index in [9.17, 15) is 0 Å². The third kappa shape index (κ3) is 5.42. The molecule has 0 aliphatic carbocycles. The molecule has 0 atom stereocenters. The molecule has 12 aromatic carbocycles. The van der Waals surface area contributed by atoms with Crippen molar-refractivity contribution in [1.29, 1.82) is 0 Å². The first kappa shape index (κ1) is 36.7. The quantitative estimate of drug-likeness (QED) is 0.121. The SMILES string of the molecule is c1ccc(-n2c3ccccc3c3cc(-c4cccc5c(-c6cc7ccccc7c7ccccc67)c6cccc(-c7ccc8c(c7)c7ccccc7n8-c7ccccc7)c6cc45)ccc32)cc1. The Kier molecular flexibility index (Phi) is 8.02. The van der Waals surface area contributed by atoms with Crippen LogP contribution in [0.1, 0.15) is 0 Å². The van der Waals surface area contributed by atoms with Gasteiger partial charge in [0, 0.05) is 32.9 Å². The highest BCUT2D eigenvalue weighted by atomic mass is 15.0. The van der Waals surface area contributed by atoms with Crippen molar-refractivity contribution in [2.24, 2.45) is 0 Å². The van der Waals surface area contributed by atoms with Crippen molar-refractivity contribution in [3.63, 3.8) is 0 Å². The lowest BCUT2D eigenvalue weighted by molar-refractivity contribution is 1.18. The Bertz CT molecular complexity index is 4050. The second-order valence-electron chi connectivity index (χ2n) is 17.6. The van der Waals surface area contributed by atoms with Crippen LogP contribution in [0.15, 0.2) is 243 Å². The minimum Gasteiger partial charge on any atom is -0.309 e. The van der Waals surface area contributed by atoms with Crippen molar-refractivity contribution in [3.05, 3.63) is 243 Å². The van der Waals surface area contributed by atoms with Crippen LogP contribution in [0, 0.1) is 0 Å². The van der Waals surface area contributed by atoms with E-state index >= 15 is 0 Å². The van der Waals surface area contributed by atoms with E-state index in [-0.39, 0.29) is 0 Å². The molecule has 306 valence electrons. The summed E-state index contributed by atoms with van der Waals surface area (Å²) in [5.74, 6) is 0. The highest BCUT2D eigenvalue weighted by Gasteiger charge is 2.21. The molecule has 0 radical (unpaired) electrons. The van der Waals surface area contributed by atoms with Gasteiger partial charge in [-0.15, -0.1) is 0 Å². The van der Waals surface area contributed by atoms with Crippen LogP contribution < -0.4 is 0 Å². The van der Waals surface area contributed by atoms with Crippen LogP contribution in [-0.2, 0) is 0 Å². The van der Waals surface area contributed by atoms with Gasteiger partial charge in [-0.2, -0.15) is 0 Å². The molecule has 0 bridgehead atoms. The van der Waals surface area contributed by atoms with Crippen molar-refractivity contribution in [2.75, 3.05) is 0 Å². The van der Waals surface area contributed by atoms with Gasteiger partial charge >= 0.3 is 0 Å². The molecular formula is C64H40N2. The lowest BCUT2D eigenvalue weighted by atomic mass is 9.84. The summed E-state index contributed by atoms with van der Waals surface area (Å²) in [6, 6.07) is 89.8. The Morgan fingerprint density at radius 2 is 0.636 bits per heavy atom. The van der Waals surface area contributed by atoms with Crippen LogP contribution in [0.4, 0.5) is 0 Å². The van der Waals surface area contributed by atoms with Gasteiger partial charge in [-0.25, -0.2) is 0 Å². The Hall–Kier alpha value is -8.72. The maximum absolute atomic E-state index is 2.48. The van der Waals surface area contributed by atoms with E-state index in [4.69, 9.17) is 0 Å². The molecule has 0 unspecified atom stereocenters. The Morgan fingerprint density at radius 3 is 1.18 bits per heavy atom. The Morgan fingerprint density at radius 1 is 0.212 bits per heavy atom. The highest BCUT2D eigenvalue weighted by molar-refractivity contribution is 6.25. The molecule has 2 heterocycles. The van der Waals surface area contributed by atoms with E-state index in [1.54, 1.807) is 0 Å². The molecule has 0 saturated carbocycles. The maximum atomic E-state index is 2.48. The maximum Gasteiger partial charge on any atom is 0.0541 e. The van der Waals surface area contributed by atoms with E-state index in [0.717, 1.165) is 11.4 Å². The summed E-state index contributed by atoms with van der Waals surface area (Å²) < 4.78 is 4.79. The summed E-state index contributed by atoms with van der Waals surface area (Å²) in [6.45, 7) is 0. The molecule has 0 N–H and O–H groups in total. The van der Waals surface area contributed by atoms with Gasteiger partial charge in [0.2, 0.25) is 0 Å². The zero-order valence-corrected chi connectivity index (χ0v) is 36.0. The van der Waals surface area contributed by atoms with Gasteiger partial charge < -0.3 is 9.13 Å². The van der Waals surface area contributed by atoms with Crippen LogP contribution in [0.2, 0.25) is 0 Å². The van der Waals surface area contributed by atoms with E-state index in [1.165, 1.54) is 120 Å². The number of benzene rings is 12. The van der Waals surface area contributed by atoms with Gasteiger partial charge in [0.15, 0.2) is 0 Å². The van der Waals surface area contributed by atoms with Gasteiger partial charge in [0.1, 0.15) is 0 Å². The molecule has 14 rings (SSSR count). The lowest BCUT2D eigenvalue weighted by Gasteiger charge is -2.19. The van der Waals surface area contributed by atoms with Crippen molar-refractivity contribution in [2.45, 2.75) is 0 Å². The molecule has 0 fully saturated rings. The molecule has 2 aromatic heterocycles. The second kappa shape index (κ2) is 14.4. The minimum absolute atomic E-state index is 1.16. The number of fused-ring (bicyclic) bond motifs is 11. The molecule has 2 nitrogen and oxygen atoms in total. The van der Waals surface area contributed by atoms with Gasteiger partial charge in [-0.3, -0.25) is 0 Å². The third-order valence-corrected chi connectivity index (χ3v) is 14.1. The first-order valence-electron chi connectivity index (χ1n) is 22.8. The van der Waals surface area contributed by atoms with E-state index in [0.29, 0.717) is 0 Å². The number of hydrogen-bond donors (Lipinski definition) is 0. The molecule has 2 heteroatoms. The smallest absolute Gasteiger partial charge is 0.0541 e. The normalized spacial score (nSPS) is 11.9. The van der Waals surface area contributed by atoms with Crippen molar-refractivity contribution >= 4 is 86.7 Å². The largest absolute Gasteiger partial charge is 0.309 e. The molecular weight excluding hydrogens is 797 g/mol. The van der Waals surface area contributed by atoms with Crippen molar-refractivity contribution in [1.82, 2.24) is 9.13 Å². The predicted molar refractivity (Wildman–Crippen MR) is 281 cm³/mol. The van der Waals surface area contributed by atoms with Gasteiger partial charge in [0.05, 0.1) is 22.1 Å². The average molecular weight is 837 g/mol. The second-order valence-corrected chi connectivity index (χ2v) is 17.6. The first-order chi connectivity index (χ1) is 32.8. The number of aromatic nitrogens is 2. The molecule has 0 amide bonds. The zero-order chi connectivity index (χ0) is 43.3. The molecule has 0 spiro atoms. The summed E-state index contributed by atoms with van der Waals surface area (Å²) in [4.78, 5) is 0. The summed E-state index contributed by atoms with van der Waals surface area (Å²) in [7, 11) is 0. The Labute approximate surface area is 381 Å². The van der Waals surface area contributed by atoms with Gasteiger partial charge in [-0.05, 0) is 149 Å². The molecule has 0 aliphatic heterocycles. The molecule has 14 aromatic rings. The summed E-state index contributed by atoms with van der Waals surface area (Å²) in [5, 5.41) is 15.0. The van der Waals surface area contributed by atoms with Crippen LogP contribution in [0.3, 0.4) is 0 Å². The van der Waals surface area contributed by atoms with Crippen LogP contribution >= 0.6 is 0 Å². The topological polar surface area (TPSA) is 9.86 Å². The number of para-hydroxylation sites is 4. The van der Waals surface area contributed by atoms with Gasteiger partial charge in [-0.1, -0.05) is 170 Å². The summed E-state index contributed by atoms with van der Waals surface area (Å²) >= 11 is 0. The number of hydrogen-bond acceptors (Lipinski definition) is 0. The highest BCUT2D eigenvalue weighted by Crippen LogP contribution is 2.47. The molecule has 0 aliphatic rings. The van der Waals surface area contributed by atoms with Crippen molar-refractivity contribution in [3.8, 4) is 44.8 Å². The predicted octanol–water partition coefficient (Wildman–Crippen LogP) is 17.5. The fourth-order valence-electron chi connectivity index (χ4n) is 11.2. The van der Waals surface area contributed by atoms with Crippen LogP contribution in [0.5, 0.6) is 0 Å². The number of nitrogens with zero attached hydrogens (tertiary/aromatic N) is 2.